The van der Waals surface area contributed by atoms with Crippen LogP contribution >= 0.6 is 0 Å². The number of rotatable bonds is 2. The van der Waals surface area contributed by atoms with Crippen LogP contribution in [0.15, 0.2) is 11.6 Å². The molecule has 0 aromatic rings. The highest BCUT2D eigenvalue weighted by atomic mass is 19.3. The molecule has 1 amide bonds. The van der Waals surface area contributed by atoms with Gasteiger partial charge in [-0.3, -0.25) is 9.69 Å². The van der Waals surface area contributed by atoms with Crippen molar-refractivity contribution in [1.29, 1.82) is 0 Å². The van der Waals surface area contributed by atoms with Crippen molar-refractivity contribution in [2.75, 3.05) is 39.4 Å². The van der Waals surface area contributed by atoms with Crippen LogP contribution in [0.3, 0.4) is 0 Å². The van der Waals surface area contributed by atoms with Gasteiger partial charge < -0.3 is 10.1 Å². The second-order valence-electron chi connectivity index (χ2n) is 6.17. The highest BCUT2D eigenvalue weighted by Crippen LogP contribution is 2.43. The van der Waals surface area contributed by atoms with E-state index in [4.69, 9.17) is 4.74 Å². The summed E-state index contributed by atoms with van der Waals surface area (Å²) in [5, 5.41) is 2.70. The van der Waals surface area contributed by atoms with E-state index in [9.17, 15) is 13.6 Å². The predicted molar refractivity (Wildman–Crippen MR) is 69.6 cm³/mol. The van der Waals surface area contributed by atoms with E-state index >= 15 is 0 Å². The average Bonchev–Trinajstić information content (AvgIpc) is 2.69. The van der Waals surface area contributed by atoms with Crippen molar-refractivity contribution < 1.29 is 18.3 Å². The lowest BCUT2D eigenvalue weighted by Gasteiger charge is -2.42. The fraction of sp³-hybridized carbons (Fsp3) is 0.786. The van der Waals surface area contributed by atoms with Crippen molar-refractivity contribution in [3.05, 3.63) is 11.6 Å². The second-order valence-corrected chi connectivity index (χ2v) is 6.17. The number of likely N-dealkylation sites (tertiary alicyclic amines) is 1. The molecule has 1 unspecified atom stereocenters. The fourth-order valence-electron chi connectivity index (χ4n) is 3.57. The lowest BCUT2D eigenvalue weighted by molar-refractivity contribution is -0.147. The molecule has 3 aliphatic rings. The Morgan fingerprint density at radius 3 is 2.90 bits per heavy atom. The summed E-state index contributed by atoms with van der Waals surface area (Å²) < 4.78 is 33.4. The molecule has 6 heteroatoms. The number of piperidine rings is 1. The Morgan fingerprint density at radius 1 is 1.40 bits per heavy atom. The molecule has 3 heterocycles. The van der Waals surface area contributed by atoms with Crippen molar-refractivity contribution in [2.24, 2.45) is 5.41 Å². The number of ether oxygens (including phenoxy) is 1. The van der Waals surface area contributed by atoms with Crippen LogP contribution in [0.4, 0.5) is 8.78 Å². The number of nitrogens with zero attached hydrogens (tertiary/aromatic N) is 1. The van der Waals surface area contributed by atoms with Gasteiger partial charge in [-0.1, -0.05) is 6.08 Å². The van der Waals surface area contributed by atoms with Gasteiger partial charge in [-0.05, 0) is 18.4 Å². The molecular formula is C14H20F2N2O2. The van der Waals surface area contributed by atoms with E-state index in [1.165, 1.54) is 0 Å². The average molecular weight is 286 g/mol. The van der Waals surface area contributed by atoms with Crippen LogP contribution in [0.5, 0.6) is 0 Å². The van der Waals surface area contributed by atoms with Crippen LogP contribution in [-0.2, 0) is 9.53 Å². The number of nitrogens with one attached hydrogen (secondary N) is 1. The first-order chi connectivity index (χ1) is 9.49. The zero-order valence-electron chi connectivity index (χ0n) is 11.5. The Labute approximate surface area is 117 Å². The molecule has 0 aromatic carbocycles. The number of hydrogen-bond donors (Lipinski definition) is 1. The minimum atomic E-state index is -2.80. The SMILES string of the molecule is O=C1NCCC12CN(CC1=CCCOC1)CC(F)(F)C2. The summed E-state index contributed by atoms with van der Waals surface area (Å²) in [5.41, 5.74) is 0.139. The molecule has 1 spiro atoms. The number of hydrogen-bond acceptors (Lipinski definition) is 3. The Morgan fingerprint density at radius 2 is 2.25 bits per heavy atom. The van der Waals surface area contributed by atoms with Gasteiger partial charge in [-0.15, -0.1) is 0 Å². The van der Waals surface area contributed by atoms with E-state index in [0.29, 0.717) is 39.3 Å². The van der Waals surface area contributed by atoms with Gasteiger partial charge in [0.15, 0.2) is 0 Å². The van der Waals surface area contributed by atoms with E-state index in [1.54, 1.807) is 4.90 Å². The molecule has 0 saturated carbocycles. The Balaban J connectivity index is 1.74. The van der Waals surface area contributed by atoms with Gasteiger partial charge in [0.1, 0.15) is 0 Å². The molecular weight excluding hydrogens is 266 g/mol. The predicted octanol–water partition coefficient (Wildman–Crippen LogP) is 1.18. The molecule has 20 heavy (non-hydrogen) atoms. The van der Waals surface area contributed by atoms with Gasteiger partial charge in [-0.2, -0.15) is 0 Å². The molecule has 0 aromatic heterocycles. The first kappa shape index (κ1) is 13.9. The quantitative estimate of drug-likeness (QED) is 0.775. The Hall–Kier alpha value is -1.01. The van der Waals surface area contributed by atoms with E-state index in [2.05, 4.69) is 11.4 Å². The lowest BCUT2D eigenvalue weighted by Crippen LogP contribution is -2.55. The number of alkyl halides is 2. The van der Waals surface area contributed by atoms with E-state index in [0.717, 1.165) is 12.0 Å². The number of carbonyl (C=O) groups excluding carboxylic acids is 1. The monoisotopic (exact) mass is 286 g/mol. The smallest absolute Gasteiger partial charge is 0.261 e. The molecule has 0 aliphatic carbocycles. The van der Waals surface area contributed by atoms with Gasteiger partial charge in [0, 0.05) is 26.1 Å². The third-order valence-corrected chi connectivity index (χ3v) is 4.36. The van der Waals surface area contributed by atoms with Crippen LogP contribution in [0, 0.1) is 5.41 Å². The normalized spacial score (nSPS) is 34.1. The minimum absolute atomic E-state index is 0.212. The van der Waals surface area contributed by atoms with Crippen LogP contribution in [0.25, 0.3) is 0 Å². The second kappa shape index (κ2) is 5.07. The molecule has 3 aliphatic heterocycles. The largest absolute Gasteiger partial charge is 0.377 e. The van der Waals surface area contributed by atoms with Gasteiger partial charge in [0.05, 0.1) is 25.2 Å². The molecule has 0 bridgehead atoms. The maximum atomic E-state index is 14.0. The van der Waals surface area contributed by atoms with Crippen LogP contribution in [-0.4, -0.2) is 56.1 Å². The van der Waals surface area contributed by atoms with Crippen molar-refractivity contribution in [3.63, 3.8) is 0 Å². The maximum absolute atomic E-state index is 14.0. The Kier molecular flexibility index (Phi) is 3.54. The zero-order chi connectivity index (χ0) is 14.2. The Bertz CT molecular complexity index is 439. The molecule has 1 atom stereocenters. The van der Waals surface area contributed by atoms with Crippen molar-refractivity contribution in [2.45, 2.75) is 25.2 Å². The van der Waals surface area contributed by atoms with Gasteiger partial charge in [0.25, 0.3) is 5.92 Å². The highest BCUT2D eigenvalue weighted by molar-refractivity contribution is 5.85. The summed E-state index contributed by atoms with van der Waals surface area (Å²) in [6.45, 7) is 2.36. The number of carbonyl (C=O) groups is 1. The summed E-state index contributed by atoms with van der Waals surface area (Å²) >= 11 is 0. The topological polar surface area (TPSA) is 41.6 Å². The highest BCUT2D eigenvalue weighted by Gasteiger charge is 2.54. The van der Waals surface area contributed by atoms with Crippen LogP contribution < -0.4 is 5.32 Å². The van der Waals surface area contributed by atoms with Crippen molar-refractivity contribution >= 4 is 5.91 Å². The van der Waals surface area contributed by atoms with E-state index in [-0.39, 0.29) is 18.9 Å². The summed E-state index contributed by atoms with van der Waals surface area (Å²) in [6, 6.07) is 0. The first-order valence-corrected chi connectivity index (χ1v) is 7.13. The van der Waals surface area contributed by atoms with Crippen molar-refractivity contribution in [3.8, 4) is 0 Å². The summed E-state index contributed by atoms with van der Waals surface area (Å²) in [7, 11) is 0. The molecule has 2 fully saturated rings. The standard InChI is InChI=1S/C14H20F2N2O2/c15-14(16)8-13(3-4-17-12(13)19)9-18(10-14)6-11-2-1-5-20-7-11/h2H,1,3-10H2,(H,17,19). The lowest BCUT2D eigenvalue weighted by atomic mass is 9.77. The zero-order valence-corrected chi connectivity index (χ0v) is 11.5. The first-order valence-electron chi connectivity index (χ1n) is 7.13. The third-order valence-electron chi connectivity index (χ3n) is 4.36. The molecule has 1 N–H and O–H groups in total. The molecule has 2 saturated heterocycles. The summed E-state index contributed by atoms with van der Waals surface area (Å²) in [4.78, 5) is 13.7. The molecule has 4 nitrogen and oxygen atoms in total. The summed E-state index contributed by atoms with van der Waals surface area (Å²) in [5.74, 6) is -3.01. The van der Waals surface area contributed by atoms with E-state index in [1.807, 2.05) is 0 Å². The molecule has 112 valence electrons. The van der Waals surface area contributed by atoms with Gasteiger partial charge >= 0.3 is 0 Å². The molecule has 0 radical (unpaired) electrons. The fourth-order valence-corrected chi connectivity index (χ4v) is 3.57. The van der Waals surface area contributed by atoms with Gasteiger partial charge in [0.2, 0.25) is 5.91 Å². The molecule has 3 rings (SSSR count). The van der Waals surface area contributed by atoms with E-state index < -0.39 is 11.3 Å². The van der Waals surface area contributed by atoms with Crippen LogP contribution in [0.2, 0.25) is 0 Å². The number of halogens is 2. The van der Waals surface area contributed by atoms with Crippen molar-refractivity contribution in [1.82, 2.24) is 10.2 Å². The minimum Gasteiger partial charge on any atom is -0.377 e. The summed E-state index contributed by atoms with van der Waals surface area (Å²) in [6.07, 6.45) is 3.09. The maximum Gasteiger partial charge on any atom is 0.261 e. The van der Waals surface area contributed by atoms with Crippen LogP contribution in [0.1, 0.15) is 19.3 Å². The number of amides is 1. The van der Waals surface area contributed by atoms with Gasteiger partial charge in [-0.25, -0.2) is 8.78 Å². The third kappa shape index (κ3) is 2.72.